The van der Waals surface area contributed by atoms with Crippen LogP contribution in [0.25, 0.3) is 0 Å². The molecule has 0 N–H and O–H groups in total. The molecule has 1 aliphatic rings. The molecule has 0 unspecified atom stereocenters. The van der Waals surface area contributed by atoms with Crippen LogP contribution >= 0.6 is 0 Å². The summed E-state index contributed by atoms with van der Waals surface area (Å²) >= 11 is 0. The molecule has 1 aliphatic heterocycles. The van der Waals surface area contributed by atoms with Crippen LogP contribution in [0.5, 0.6) is 0 Å². The molecule has 0 aromatic carbocycles. The van der Waals surface area contributed by atoms with Crippen molar-refractivity contribution in [2.75, 3.05) is 13.2 Å². The zero-order chi connectivity index (χ0) is 13.3. The van der Waals surface area contributed by atoms with Crippen LogP contribution < -0.4 is 0 Å². The standard InChI is InChI=1S/C7H12O2.C6H9NO/c1-4-5-9-7(8)6(2)3;1-2-7-5-3-4-6(7)8/h2,4-5H2,1,3H3;2H,1,3-5H2. The molecule has 0 spiro atoms. The average molecular weight is 239 g/mol. The van der Waals surface area contributed by atoms with Crippen LogP contribution in [0.15, 0.2) is 24.9 Å². The number of likely N-dealkylation sites (tertiary alicyclic amines) is 1. The summed E-state index contributed by atoms with van der Waals surface area (Å²) in [5, 5.41) is 0. The predicted molar refractivity (Wildman–Crippen MR) is 67.2 cm³/mol. The summed E-state index contributed by atoms with van der Waals surface area (Å²) in [6.45, 7) is 11.9. The Kier molecular flexibility index (Phi) is 7.76. The molecule has 0 bridgehead atoms. The lowest BCUT2D eigenvalue weighted by Gasteiger charge is -2.05. The van der Waals surface area contributed by atoms with Gasteiger partial charge in [0.05, 0.1) is 6.61 Å². The fourth-order valence-electron chi connectivity index (χ4n) is 1.18. The molecule has 0 aromatic rings. The molecular weight excluding hydrogens is 218 g/mol. The van der Waals surface area contributed by atoms with Gasteiger partial charge >= 0.3 is 5.97 Å². The first-order valence-electron chi connectivity index (χ1n) is 5.77. The summed E-state index contributed by atoms with van der Waals surface area (Å²) in [7, 11) is 0. The molecule has 1 rings (SSSR count). The quantitative estimate of drug-likeness (QED) is 0.558. The number of hydrogen-bond donors (Lipinski definition) is 0. The van der Waals surface area contributed by atoms with Crippen LogP contribution in [0.1, 0.15) is 33.1 Å². The molecular formula is C13H21NO3. The van der Waals surface area contributed by atoms with Crippen molar-refractivity contribution < 1.29 is 14.3 Å². The Hall–Kier alpha value is -1.58. The molecule has 1 heterocycles. The van der Waals surface area contributed by atoms with Gasteiger partial charge < -0.3 is 9.64 Å². The zero-order valence-corrected chi connectivity index (χ0v) is 10.7. The topological polar surface area (TPSA) is 46.6 Å². The Morgan fingerprint density at radius 3 is 2.53 bits per heavy atom. The Balaban J connectivity index is 0.000000302. The minimum absolute atomic E-state index is 0.208. The first kappa shape index (κ1) is 15.4. The Labute approximate surface area is 103 Å². The van der Waals surface area contributed by atoms with E-state index in [1.165, 1.54) is 0 Å². The van der Waals surface area contributed by atoms with Gasteiger partial charge in [-0.15, -0.1) is 0 Å². The normalized spacial score (nSPS) is 13.8. The molecule has 1 saturated heterocycles. The van der Waals surface area contributed by atoms with Gasteiger partial charge in [-0.1, -0.05) is 20.1 Å². The highest BCUT2D eigenvalue weighted by atomic mass is 16.5. The number of esters is 1. The monoisotopic (exact) mass is 239 g/mol. The molecule has 0 saturated carbocycles. The molecule has 96 valence electrons. The fourth-order valence-corrected chi connectivity index (χ4v) is 1.18. The van der Waals surface area contributed by atoms with Crippen LogP contribution in [0, 0.1) is 0 Å². The van der Waals surface area contributed by atoms with Crippen molar-refractivity contribution in [1.82, 2.24) is 4.90 Å². The number of amides is 1. The summed E-state index contributed by atoms with van der Waals surface area (Å²) in [6, 6.07) is 0. The number of rotatable bonds is 4. The van der Waals surface area contributed by atoms with E-state index in [2.05, 4.69) is 13.2 Å². The van der Waals surface area contributed by atoms with Crippen molar-refractivity contribution >= 4 is 11.9 Å². The lowest BCUT2D eigenvalue weighted by atomic mass is 10.4. The van der Waals surface area contributed by atoms with E-state index in [1.807, 2.05) is 6.92 Å². The number of hydrogen-bond acceptors (Lipinski definition) is 3. The minimum atomic E-state index is -0.295. The lowest BCUT2D eigenvalue weighted by molar-refractivity contribution is -0.138. The Morgan fingerprint density at radius 1 is 1.59 bits per heavy atom. The highest BCUT2D eigenvalue weighted by Crippen LogP contribution is 2.08. The molecule has 0 atom stereocenters. The highest BCUT2D eigenvalue weighted by molar-refractivity contribution is 5.86. The van der Waals surface area contributed by atoms with E-state index in [4.69, 9.17) is 4.74 Å². The maximum atomic E-state index is 10.7. The highest BCUT2D eigenvalue weighted by Gasteiger charge is 2.15. The van der Waals surface area contributed by atoms with Crippen molar-refractivity contribution in [3.8, 4) is 0 Å². The summed E-state index contributed by atoms with van der Waals surface area (Å²) in [5.41, 5.74) is 0.462. The zero-order valence-electron chi connectivity index (χ0n) is 10.7. The number of nitrogens with zero attached hydrogens (tertiary/aromatic N) is 1. The van der Waals surface area contributed by atoms with E-state index in [1.54, 1.807) is 18.0 Å². The van der Waals surface area contributed by atoms with Crippen molar-refractivity contribution in [1.29, 1.82) is 0 Å². The van der Waals surface area contributed by atoms with Crippen LogP contribution in [-0.4, -0.2) is 29.9 Å². The van der Waals surface area contributed by atoms with Gasteiger partial charge in [-0.05, 0) is 26.0 Å². The third-order valence-corrected chi connectivity index (χ3v) is 2.12. The minimum Gasteiger partial charge on any atom is -0.462 e. The fraction of sp³-hybridized carbons (Fsp3) is 0.538. The molecule has 1 amide bonds. The summed E-state index contributed by atoms with van der Waals surface area (Å²) < 4.78 is 4.71. The molecule has 4 nitrogen and oxygen atoms in total. The first-order valence-corrected chi connectivity index (χ1v) is 5.77. The molecule has 0 aromatic heterocycles. The summed E-state index contributed by atoms with van der Waals surface area (Å²) in [4.78, 5) is 22.9. The largest absolute Gasteiger partial charge is 0.462 e. The van der Waals surface area contributed by atoms with Crippen LogP contribution in [0.4, 0.5) is 0 Å². The maximum Gasteiger partial charge on any atom is 0.333 e. The summed E-state index contributed by atoms with van der Waals surface area (Å²) in [6.07, 6.45) is 4.14. The maximum absolute atomic E-state index is 10.7. The van der Waals surface area contributed by atoms with E-state index in [-0.39, 0.29) is 11.9 Å². The van der Waals surface area contributed by atoms with Crippen molar-refractivity contribution in [3.05, 3.63) is 24.9 Å². The van der Waals surface area contributed by atoms with Crippen molar-refractivity contribution in [2.45, 2.75) is 33.1 Å². The lowest BCUT2D eigenvalue weighted by Crippen LogP contribution is -2.16. The number of carbonyl (C=O) groups is 2. The van der Waals surface area contributed by atoms with Gasteiger partial charge in [-0.25, -0.2) is 4.79 Å². The molecule has 0 radical (unpaired) electrons. The van der Waals surface area contributed by atoms with Gasteiger partial charge in [0, 0.05) is 18.5 Å². The van der Waals surface area contributed by atoms with Crippen molar-refractivity contribution in [3.63, 3.8) is 0 Å². The smallest absolute Gasteiger partial charge is 0.333 e. The third kappa shape index (κ3) is 6.56. The van der Waals surface area contributed by atoms with Crippen LogP contribution in [0.3, 0.4) is 0 Å². The van der Waals surface area contributed by atoms with Gasteiger partial charge in [0.15, 0.2) is 0 Å². The molecule has 1 fully saturated rings. The molecule has 17 heavy (non-hydrogen) atoms. The van der Waals surface area contributed by atoms with Crippen molar-refractivity contribution in [2.24, 2.45) is 0 Å². The Bertz CT molecular complexity index is 297. The van der Waals surface area contributed by atoms with E-state index in [0.29, 0.717) is 18.6 Å². The second-order valence-electron chi connectivity index (χ2n) is 3.79. The van der Waals surface area contributed by atoms with E-state index in [9.17, 15) is 9.59 Å². The Morgan fingerprint density at radius 2 is 2.24 bits per heavy atom. The van der Waals surface area contributed by atoms with Gasteiger partial charge in [-0.3, -0.25) is 4.79 Å². The molecule has 4 heteroatoms. The van der Waals surface area contributed by atoms with E-state index < -0.39 is 0 Å². The van der Waals surface area contributed by atoms with Gasteiger partial charge in [0.2, 0.25) is 5.91 Å². The second-order valence-corrected chi connectivity index (χ2v) is 3.79. The molecule has 0 aliphatic carbocycles. The van der Waals surface area contributed by atoms with Gasteiger partial charge in [0.1, 0.15) is 0 Å². The van der Waals surface area contributed by atoms with Crippen LogP contribution in [0.2, 0.25) is 0 Å². The van der Waals surface area contributed by atoms with E-state index in [0.717, 1.165) is 19.4 Å². The summed E-state index contributed by atoms with van der Waals surface area (Å²) in [5.74, 6) is -0.0862. The van der Waals surface area contributed by atoms with Gasteiger partial charge in [-0.2, -0.15) is 0 Å². The predicted octanol–water partition coefficient (Wildman–Crippen LogP) is 2.27. The van der Waals surface area contributed by atoms with Crippen LogP contribution in [-0.2, 0) is 14.3 Å². The second kappa shape index (κ2) is 8.56. The van der Waals surface area contributed by atoms with Gasteiger partial charge in [0.25, 0.3) is 0 Å². The number of ether oxygens (including phenoxy) is 1. The SMILES string of the molecule is C=C(C)C(=O)OCCC.C=CN1CCCC1=O. The average Bonchev–Trinajstić information content (AvgIpc) is 2.72. The van der Waals surface area contributed by atoms with E-state index >= 15 is 0 Å². The third-order valence-electron chi connectivity index (χ3n) is 2.12. The first-order chi connectivity index (χ1) is 8.02. The number of carbonyl (C=O) groups excluding carboxylic acids is 2.